The first-order chi connectivity index (χ1) is 10.1. The van der Waals surface area contributed by atoms with Gasteiger partial charge in [0, 0.05) is 16.8 Å². The highest BCUT2D eigenvalue weighted by molar-refractivity contribution is 7.99. The fourth-order valence-electron chi connectivity index (χ4n) is 2.18. The molecule has 1 heterocycles. The number of aromatic nitrogens is 1. The van der Waals surface area contributed by atoms with E-state index in [9.17, 15) is 0 Å². The van der Waals surface area contributed by atoms with Crippen molar-refractivity contribution >= 4 is 17.6 Å². The number of aryl methyl sites for hydroxylation is 1. The zero-order valence-corrected chi connectivity index (χ0v) is 13.6. The van der Waals surface area contributed by atoms with E-state index in [0.29, 0.717) is 18.3 Å². The van der Waals surface area contributed by atoms with Crippen molar-refractivity contribution in [3.05, 3.63) is 47.7 Å². The van der Waals surface area contributed by atoms with E-state index in [-0.39, 0.29) is 0 Å². The molecule has 21 heavy (non-hydrogen) atoms. The molecule has 2 aromatic rings. The van der Waals surface area contributed by atoms with Gasteiger partial charge >= 0.3 is 0 Å². The standard InChI is InChI=1S/C17H22N2OS/c1-12(2)16-6-4-14(10-13(16)3)20-8-9-21-15-5-7-17(18)19-11-15/h4-7,10-12H,8-9H2,1-3H3,(H2,18,19). The number of benzene rings is 1. The predicted octanol–water partition coefficient (Wildman–Crippen LogP) is 4.27. The van der Waals surface area contributed by atoms with Gasteiger partial charge in [0.05, 0.1) is 6.61 Å². The highest BCUT2D eigenvalue weighted by Gasteiger charge is 2.04. The van der Waals surface area contributed by atoms with Gasteiger partial charge in [0.15, 0.2) is 0 Å². The van der Waals surface area contributed by atoms with E-state index in [0.717, 1.165) is 16.4 Å². The van der Waals surface area contributed by atoms with Crippen LogP contribution in [0.5, 0.6) is 5.75 Å². The topological polar surface area (TPSA) is 48.1 Å². The zero-order valence-electron chi connectivity index (χ0n) is 12.8. The number of rotatable bonds is 6. The Morgan fingerprint density at radius 1 is 1.24 bits per heavy atom. The van der Waals surface area contributed by atoms with Gasteiger partial charge in [-0.2, -0.15) is 0 Å². The Morgan fingerprint density at radius 3 is 2.67 bits per heavy atom. The van der Waals surface area contributed by atoms with Crippen LogP contribution in [0, 0.1) is 6.92 Å². The van der Waals surface area contributed by atoms with E-state index in [2.05, 4.69) is 44.0 Å². The summed E-state index contributed by atoms with van der Waals surface area (Å²) in [6, 6.07) is 10.1. The molecule has 112 valence electrons. The molecule has 1 aromatic heterocycles. The van der Waals surface area contributed by atoms with Crippen LogP contribution >= 0.6 is 11.8 Å². The van der Waals surface area contributed by atoms with Crippen LogP contribution in [-0.4, -0.2) is 17.3 Å². The molecule has 2 N–H and O–H groups in total. The Hall–Kier alpha value is -1.68. The highest BCUT2D eigenvalue weighted by atomic mass is 32.2. The molecule has 0 saturated carbocycles. The first-order valence-corrected chi connectivity index (χ1v) is 8.12. The lowest BCUT2D eigenvalue weighted by Gasteiger charge is -2.12. The van der Waals surface area contributed by atoms with E-state index in [4.69, 9.17) is 10.5 Å². The summed E-state index contributed by atoms with van der Waals surface area (Å²) in [4.78, 5) is 5.18. The van der Waals surface area contributed by atoms with E-state index in [1.54, 1.807) is 18.0 Å². The minimum absolute atomic E-state index is 0.549. The Morgan fingerprint density at radius 2 is 2.05 bits per heavy atom. The molecule has 0 amide bonds. The quantitative estimate of drug-likeness (QED) is 0.639. The Balaban J connectivity index is 1.81. The average molecular weight is 302 g/mol. The summed E-state index contributed by atoms with van der Waals surface area (Å²) in [5.41, 5.74) is 8.23. The molecule has 0 atom stereocenters. The van der Waals surface area contributed by atoms with Crippen LogP contribution < -0.4 is 10.5 Å². The lowest BCUT2D eigenvalue weighted by molar-refractivity contribution is 0.343. The monoisotopic (exact) mass is 302 g/mol. The van der Waals surface area contributed by atoms with Crippen molar-refractivity contribution in [2.45, 2.75) is 31.6 Å². The number of hydrogen-bond acceptors (Lipinski definition) is 4. The molecule has 3 nitrogen and oxygen atoms in total. The molecule has 0 aliphatic carbocycles. The number of pyridine rings is 1. The summed E-state index contributed by atoms with van der Waals surface area (Å²) in [6.07, 6.45) is 1.79. The fourth-order valence-corrected chi connectivity index (χ4v) is 2.88. The van der Waals surface area contributed by atoms with Crippen molar-refractivity contribution in [1.29, 1.82) is 0 Å². The zero-order chi connectivity index (χ0) is 15.2. The van der Waals surface area contributed by atoms with Gasteiger partial charge in [0.2, 0.25) is 0 Å². The Kier molecular flexibility index (Phi) is 5.51. The normalized spacial score (nSPS) is 10.9. The number of thioether (sulfide) groups is 1. The van der Waals surface area contributed by atoms with E-state index < -0.39 is 0 Å². The number of hydrogen-bond donors (Lipinski definition) is 1. The largest absolute Gasteiger partial charge is 0.493 e. The van der Waals surface area contributed by atoms with Gasteiger partial charge in [-0.3, -0.25) is 0 Å². The second-order valence-electron chi connectivity index (χ2n) is 5.29. The summed E-state index contributed by atoms with van der Waals surface area (Å²) >= 11 is 1.72. The molecule has 0 spiro atoms. The molecular weight excluding hydrogens is 280 g/mol. The van der Waals surface area contributed by atoms with Gasteiger partial charge in [0.1, 0.15) is 11.6 Å². The van der Waals surface area contributed by atoms with Crippen LogP contribution in [0.15, 0.2) is 41.4 Å². The van der Waals surface area contributed by atoms with Crippen molar-refractivity contribution in [2.75, 3.05) is 18.1 Å². The predicted molar refractivity (Wildman–Crippen MR) is 90.1 cm³/mol. The van der Waals surface area contributed by atoms with Crippen LogP contribution in [-0.2, 0) is 0 Å². The van der Waals surface area contributed by atoms with Gasteiger partial charge in [0.25, 0.3) is 0 Å². The van der Waals surface area contributed by atoms with Gasteiger partial charge in [-0.25, -0.2) is 4.98 Å². The highest BCUT2D eigenvalue weighted by Crippen LogP contribution is 2.24. The van der Waals surface area contributed by atoms with Crippen LogP contribution in [0.25, 0.3) is 0 Å². The number of ether oxygens (including phenoxy) is 1. The van der Waals surface area contributed by atoms with Gasteiger partial charge in [-0.05, 0) is 48.2 Å². The number of nitrogens with two attached hydrogens (primary N) is 1. The van der Waals surface area contributed by atoms with E-state index >= 15 is 0 Å². The maximum atomic E-state index is 5.80. The maximum absolute atomic E-state index is 5.80. The summed E-state index contributed by atoms with van der Waals surface area (Å²) in [7, 11) is 0. The molecule has 0 fully saturated rings. The van der Waals surface area contributed by atoms with E-state index in [1.807, 2.05) is 12.1 Å². The first-order valence-electron chi connectivity index (χ1n) is 7.14. The Bertz CT molecular complexity index is 582. The number of anilines is 1. The molecule has 4 heteroatoms. The smallest absolute Gasteiger partial charge is 0.123 e. The third-order valence-electron chi connectivity index (χ3n) is 3.24. The van der Waals surface area contributed by atoms with Gasteiger partial charge in [-0.15, -0.1) is 11.8 Å². The van der Waals surface area contributed by atoms with Crippen molar-refractivity contribution < 1.29 is 4.74 Å². The summed E-state index contributed by atoms with van der Waals surface area (Å²) < 4.78 is 5.80. The van der Waals surface area contributed by atoms with Gasteiger partial charge in [-0.1, -0.05) is 19.9 Å². The summed E-state index contributed by atoms with van der Waals surface area (Å²) in [5.74, 6) is 2.92. The number of nitrogens with zero attached hydrogens (tertiary/aromatic N) is 1. The van der Waals surface area contributed by atoms with Crippen LogP contribution in [0.4, 0.5) is 5.82 Å². The second kappa shape index (κ2) is 7.36. The van der Waals surface area contributed by atoms with Crippen molar-refractivity contribution in [3.63, 3.8) is 0 Å². The van der Waals surface area contributed by atoms with Crippen LogP contribution in [0.3, 0.4) is 0 Å². The lowest BCUT2D eigenvalue weighted by Crippen LogP contribution is -2.01. The minimum atomic E-state index is 0.549. The van der Waals surface area contributed by atoms with Crippen molar-refractivity contribution in [3.8, 4) is 5.75 Å². The molecular formula is C17H22N2OS. The first kappa shape index (κ1) is 15.7. The minimum Gasteiger partial charge on any atom is -0.493 e. The van der Waals surface area contributed by atoms with E-state index in [1.165, 1.54) is 11.1 Å². The average Bonchev–Trinajstić information content (AvgIpc) is 2.45. The maximum Gasteiger partial charge on any atom is 0.123 e. The second-order valence-corrected chi connectivity index (χ2v) is 6.46. The molecule has 0 aliphatic rings. The molecule has 2 rings (SSSR count). The molecule has 0 unspecified atom stereocenters. The third-order valence-corrected chi connectivity index (χ3v) is 4.19. The molecule has 0 radical (unpaired) electrons. The molecule has 0 aliphatic heterocycles. The summed E-state index contributed by atoms with van der Waals surface area (Å²) in [5, 5.41) is 0. The summed E-state index contributed by atoms with van der Waals surface area (Å²) in [6.45, 7) is 7.23. The van der Waals surface area contributed by atoms with Crippen LogP contribution in [0.2, 0.25) is 0 Å². The molecule has 1 aromatic carbocycles. The van der Waals surface area contributed by atoms with Gasteiger partial charge < -0.3 is 10.5 Å². The molecule has 0 saturated heterocycles. The SMILES string of the molecule is Cc1cc(OCCSc2ccc(N)nc2)ccc1C(C)C. The fraction of sp³-hybridized carbons (Fsp3) is 0.353. The van der Waals surface area contributed by atoms with Crippen LogP contribution in [0.1, 0.15) is 30.9 Å². The molecule has 0 bridgehead atoms. The van der Waals surface area contributed by atoms with Crippen molar-refractivity contribution in [1.82, 2.24) is 4.98 Å². The third kappa shape index (κ3) is 4.67. The number of nitrogen functional groups attached to an aromatic ring is 1. The Labute approximate surface area is 130 Å². The lowest BCUT2D eigenvalue weighted by atomic mass is 9.98. The van der Waals surface area contributed by atoms with Crippen molar-refractivity contribution in [2.24, 2.45) is 0 Å².